The number of hydrogen-bond acceptors (Lipinski definition) is 4. The molecule has 1 unspecified atom stereocenters. The quantitative estimate of drug-likeness (QED) is 0.708. The molecule has 3 aromatic rings. The van der Waals surface area contributed by atoms with Crippen LogP contribution in [0.3, 0.4) is 0 Å². The lowest BCUT2D eigenvalue weighted by Crippen LogP contribution is -2.37. The minimum atomic E-state index is -4.71. The van der Waals surface area contributed by atoms with Crippen LogP contribution in [-0.4, -0.2) is 34.4 Å². The molecule has 1 atom stereocenters. The summed E-state index contributed by atoms with van der Waals surface area (Å²) in [6.07, 6.45) is 0.727. The minimum Gasteiger partial charge on any atom is -0.406 e. The number of nitrogens with zero attached hydrogens (tertiary/aromatic N) is 3. The second kappa shape index (κ2) is 6.60. The number of H-pyrrole nitrogens is 1. The number of ether oxygens (including phenoxy) is 1. The third-order valence-corrected chi connectivity index (χ3v) is 5.03. The van der Waals surface area contributed by atoms with Crippen LogP contribution in [0, 0.1) is 0 Å². The van der Waals surface area contributed by atoms with Crippen LogP contribution in [0.25, 0.3) is 10.9 Å². The Kier molecular flexibility index (Phi) is 4.38. The molecule has 0 fully saturated rings. The highest BCUT2D eigenvalue weighted by Crippen LogP contribution is 2.34. The summed E-state index contributed by atoms with van der Waals surface area (Å²) in [5, 5.41) is 1.22. The van der Waals surface area contributed by atoms with Gasteiger partial charge >= 0.3 is 6.36 Å². The Hall–Kier alpha value is -2.48. The molecular weight excluding hydrogens is 381 g/mol. The predicted molar refractivity (Wildman–Crippen MR) is 96.2 cm³/mol. The maximum Gasteiger partial charge on any atom is 0.573 e. The molecule has 9 heteroatoms. The summed E-state index contributed by atoms with van der Waals surface area (Å²) in [6.45, 7) is 0. The smallest absolute Gasteiger partial charge is 0.406 e. The second-order valence-electron chi connectivity index (χ2n) is 6.55. The number of fused-ring (bicyclic) bond motifs is 3. The zero-order valence-corrected chi connectivity index (χ0v) is 15.1. The normalized spacial score (nSPS) is 17.0. The van der Waals surface area contributed by atoms with Crippen molar-refractivity contribution in [1.29, 1.82) is 0 Å². The molecule has 2 aromatic heterocycles. The Morgan fingerprint density at radius 3 is 2.70 bits per heavy atom. The van der Waals surface area contributed by atoms with Crippen molar-refractivity contribution in [3.05, 3.63) is 46.9 Å². The van der Waals surface area contributed by atoms with Crippen molar-refractivity contribution in [3.63, 3.8) is 0 Å². The van der Waals surface area contributed by atoms with Gasteiger partial charge in [0, 0.05) is 29.7 Å². The van der Waals surface area contributed by atoms with E-state index < -0.39 is 6.36 Å². The molecular formula is C18H16ClF3N4O. The van der Waals surface area contributed by atoms with Crippen molar-refractivity contribution in [2.24, 2.45) is 0 Å². The van der Waals surface area contributed by atoms with Crippen molar-refractivity contribution < 1.29 is 17.9 Å². The van der Waals surface area contributed by atoms with E-state index in [0.29, 0.717) is 17.4 Å². The van der Waals surface area contributed by atoms with Gasteiger partial charge in [0.1, 0.15) is 5.75 Å². The van der Waals surface area contributed by atoms with Gasteiger partial charge in [0.15, 0.2) is 0 Å². The average Bonchev–Trinajstić information content (AvgIpc) is 2.97. The van der Waals surface area contributed by atoms with Crippen LogP contribution in [0.5, 0.6) is 5.75 Å². The number of hydrogen-bond donors (Lipinski definition) is 1. The summed E-state index contributed by atoms with van der Waals surface area (Å²) in [5.41, 5.74) is 2.87. The molecule has 27 heavy (non-hydrogen) atoms. The molecule has 1 N–H and O–H groups in total. The average molecular weight is 397 g/mol. The Balaban J connectivity index is 1.63. The van der Waals surface area contributed by atoms with Crippen molar-refractivity contribution in [2.75, 3.05) is 11.9 Å². The topological polar surface area (TPSA) is 54.0 Å². The Bertz CT molecular complexity index is 971. The van der Waals surface area contributed by atoms with Crippen molar-refractivity contribution in [3.8, 4) is 5.75 Å². The molecule has 0 saturated carbocycles. The van der Waals surface area contributed by atoms with E-state index >= 15 is 0 Å². The van der Waals surface area contributed by atoms with Gasteiger partial charge in [0.05, 0.1) is 17.4 Å². The number of benzene rings is 1. The minimum absolute atomic E-state index is 0.130. The fraction of sp³-hybridized carbons (Fsp3) is 0.333. The Morgan fingerprint density at radius 1 is 1.26 bits per heavy atom. The summed E-state index contributed by atoms with van der Waals surface area (Å²) < 4.78 is 41.7. The van der Waals surface area contributed by atoms with E-state index in [0.717, 1.165) is 35.0 Å². The monoisotopic (exact) mass is 396 g/mol. The molecule has 142 valence electrons. The largest absolute Gasteiger partial charge is 0.573 e. The molecule has 0 amide bonds. The predicted octanol–water partition coefficient (Wildman–Crippen LogP) is 4.50. The Morgan fingerprint density at radius 2 is 2.00 bits per heavy atom. The van der Waals surface area contributed by atoms with Gasteiger partial charge in [-0.25, -0.2) is 9.97 Å². The third kappa shape index (κ3) is 3.66. The summed E-state index contributed by atoms with van der Waals surface area (Å²) in [5.74, 6) is 0.349. The maximum atomic E-state index is 12.5. The summed E-state index contributed by atoms with van der Waals surface area (Å²) in [4.78, 5) is 13.8. The van der Waals surface area contributed by atoms with E-state index in [1.54, 1.807) is 18.5 Å². The molecule has 2 heterocycles. The van der Waals surface area contributed by atoms with Crippen LogP contribution >= 0.6 is 11.6 Å². The van der Waals surface area contributed by atoms with Gasteiger partial charge in [-0.3, -0.25) is 0 Å². The third-order valence-electron chi connectivity index (χ3n) is 4.84. The molecule has 4 rings (SSSR count). The number of aromatic nitrogens is 3. The number of aromatic amines is 1. The molecule has 0 radical (unpaired) electrons. The lowest BCUT2D eigenvalue weighted by Gasteiger charge is -2.31. The fourth-order valence-corrected chi connectivity index (χ4v) is 3.65. The Labute approximate surface area is 158 Å². The van der Waals surface area contributed by atoms with Gasteiger partial charge in [0.25, 0.3) is 0 Å². The van der Waals surface area contributed by atoms with Gasteiger partial charge < -0.3 is 14.6 Å². The molecule has 0 spiro atoms. The number of nitrogens with one attached hydrogen (secondary N) is 1. The van der Waals surface area contributed by atoms with Crippen LogP contribution in [0.4, 0.5) is 19.1 Å². The van der Waals surface area contributed by atoms with E-state index in [2.05, 4.69) is 19.7 Å². The van der Waals surface area contributed by atoms with Gasteiger partial charge in [-0.1, -0.05) is 11.6 Å². The second-order valence-corrected chi connectivity index (χ2v) is 6.98. The molecule has 5 nitrogen and oxygen atoms in total. The lowest BCUT2D eigenvalue weighted by atomic mass is 9.90. The number of likely N-dealkylation sites (N-methyl/N-ethyl adjacent to an activating group) is 1. The van der Waals surface area contributed by atoms with E-state index in [1.165, 1.54) is 12.1 Å². The molecule has 1 aromatic carbocycles. The number of rotatable bonds is 3. The maximum absolute atomic E-state index is 12.5. The van der Waals surface area contributed by atoms with Crippen LogP contribution in [0.2, 0.25) is 5.02 Å². The summed E-state index contributed by atoms with van der Waals surface area (Å²) >= 11 is 5.84. The highest BCUT2D eigenvalue weighted by Gasteiger charge is 2.32. The van der Waals surface area contributed by atoms with Crippen LogP contribution < -0.4 is 9.64 Å². The van der Waals surface area contributed by atoms with E-state index in [9.17, 15) is 13.2 Å². The first-order valence-electron chi connectivity index (χ1n) is 8.40. The zero-order chi connectivity index (χ0) is 19.2. The molecule has 0 saturated heterocycles. The molecule has 1 aliphatic carbocycles. The summed E-state index contributed by atoms with van der Waals surface area (Å²) in [6, 6.07) is 4.52. The standard InChI is InChI=1S/C18H16ClF3N4O/c1-26(17-23-8-10(19)9-24-17)11-2-4-15-13(6-11)14-7-12(27-18(20,21)22)3-5-16(14)25-15/h3,5,7-9,11,25H,2,4,6H2,1H3. The number of aryl methyl sites for hydroxylation is 1. The zero-order valence-electron chi connectivity index (χ0n) is 14.3. The molecule has 0 bridgehead atoms. The summed E-state index contributed by atoms with van der Waals surface area (Å²) in [7, 11) is 1.91. The number of anilines is 1. The van der Waals surface area contributed by atoms with Gasteiger partial charge in [-0.15, -0.1) is 13.2 Å². The van der Waals surface area contributed by atoms with Crippen molar-refractivity contribution >= 4 is 28.5 Å². The van der Waals surface area contributed by atoms with Crippen molar-refractivity contribution in [2.45, 2.75) is 31.7 Å². The highest BCUT2D eigenvalue weighted by atomic mass is 35.5. The van der Waals surface area contributed by atoms with Crippen LogP contribution in [0.1, 0.15) is 17.7 Å². The molecule has 0 aliphatic heterocycles. The fourth-order valence-electron chi connectivity index (χ4n) is 3.56. The van der Waals surface area contributed by atoms with E-state index in [4.69, 9.17) is 11.6 Å². The van der Waals surface area contributed by atoms with Crippen LogP contribution in [-0.2, 0) is 12.8 Å². The van der Waals surface area contributed by atoms with E-state index in [1.807, 2.05) is 11.9 Å². The van der Waals surface area contributed by atoms with Gasteiger partial charge in [-0.2, -0.15) is 0 Å². The first-order chi connectivity index (χ1) is 12.8. The van der Waals surface area contributed by atoms with E-state index in [-0.39, 0.29) is 11.8 Å². The van der Waals surface area contributed by atoms with Gasteiger partial charge in [0.2, 0.25) is 5.95 Å². The number of alkyl halides is 3. The molecule has 1 aliphatic rings. The first-order valence-corrected chi connectivity index (χ1v) is 8.77. The first kappa shape index (κ1) is 17.9. The SMILES string of the molecule is CN(c1ncc(Cl)cn1)C1CCc2[nH]c3ccc(OC(F)(F)F)cc3c2C1. The van der Waals surface area contributed by atoms with Crippen molar-refractivity contribution in [1.82, 2.24) is 15.0 Å². The number of halogens is 4. The van der Waals surface area contributed by atoms with Crippen LogP contribution in [0.15, 0.2) is 30.6 Å². The highest BCUT2D eigenvalue weighted by molar-refractivity contribution is 6.30. The van der Waals surface area contributed by atoms with Gasteiger partial charge in [-0.05, 0) is 43.0 Å². The lowest BCUT2D eigenvalue weighted by molar-refractivity contribution is -0.274.